The van der Waals surface area contributed by atoms with Crippen molar-refractivity contribution in [3.8, 4) is 0 Å². The minimum Gasteiger partial charge on any atom is -0.381 e. The van der Waals surface area contributed by atoms with Gasteiger partial charge in [0.15, 0.2) is 0 Å². The largest absolute Gasteiger partial charge is 0.381 e. The van der Waals surface area contributed by atoms with Crippen LogP contribution >= 0.6 is 23.4 Å². The highest BCUT2D eigenvalue weighted by atomic mass is 35.5. The first-order valence-electron chi connectivity index (χ1n) is 5.80. The molecule has 1 saturated heterocycles. The van der Waals surface area contributed by atoms with Gasteiger partial charge in [-0.25, -0.2) is 0 Å². The van der Waals surface area contributed by atoms with Crippen molar-refractivity contribution < 1.29 is 4.92 Å². The van der Waals surface area contributed by atoms with Crippen LogP contribution in [0.25, 0.3) is 0 Å². The molecular weight excluding hydrogens is 272 g/mol. The molecule has 1 heterocycles. The summed E-state index contributed by atoms with van der Waals surface area (Å²) in [6, 6.07) is 3.60. The van der Waals surface area contributed by atoms with Crippen molar-refractivity contribution in [3.05, 3.63) is 32.8 Å². The van der Waals surface area contributed by atoms with Crippen LogP contribution in [0.2, 0.25) is 5.02 Å². The first-order valence-corrected chi connectivity index (χ1v) is 7.22. The van der Waals surface area contributed by atoms with E-state index in [0.717, 1.165) is 23.4 Å². The molecule has 18 heavy (non-hydrogen) atoms. The van der Waals surface area contributed by atoms with Crippen molar-refractivity contribution in [3.63, 3.8) is 0 Å². The Balaban J connectivity index is 2.19. The third-order valence-electron chi connectivity index (χ3n) is 3.05. The van der Waals surface area contributed by atoms with Gasteiger partial charge in [-0.05, 0) is 25.0 Å². The SMILES string of the molecule is Cc1cc([N+](=O)[O-])c(Cl)cc1NC1CSC(C)C1. The van der Waals surface area contributed by atoms with E-state index in [1.165, 1.54) is 6.07 Å². The second kappa shape index (κ2) is 5.36. The molecule has 1 aliphatic heterocycles. The van der Waals surface area contributed by atoms with Gasteiger partial charge in [0.1, 0.15) is 5.02 Å². The molecule has 0 radical (unpaired) electrons. The highest BCUT2D eigenvalue weighted by Crippen LogP contribution is 2.33. The normalized spacial score (nSPS) is 23.1. The molecule has 2 unspecified atom stereocenters. The monoisotopic (exact) mass is 286 g/mol. The zero-order chi connectivity index (χ0) is 13.3. The average Bonchev–Trinajstić information content (AvgIpc) is 2.68. The zero-order valence-electron chi connectivity index (χ0n) is 10.3. The van der Waals surface area contributed by atoms with Crippen LogP contribution in [0.5, 0.6) is 0 Å². The molecule has 2 atom stereocenters. The summed E-state index contributed by atoms with van der Waals surface area (Å²) in [6.45, 7) is 4.07. The highest BCUT2D eigenvalue weighted by Gasteiger charge is 2.23. The number of halogens is 1. The Hall–Kier alpha value is -0.940. The third-order valence-corrected chi connectivity index (χ3v) is 4.71. The lowest BCUT2D eigenvalue weighted by molar-refractivity contribution is -0.384. The summed E-state index contributed by atoms with van der Waals surface area (Å²) in [5, 5.41) is 15.0. The molecule has 2 rings (SSSR count). The number of thioether (sulfide) groups is 1. The summed E-state index contributed by atoms with van der Waals surface area (Å²) in [6.07, 6.45) is 1.11. The van der Waals surface area contributed by atoms with E-state index in [2.05, 4.69) is 12.2 Å². The summed E-state index contributed by atoms with van der Waals surface area (Å²) < 4.78 is 0. The molecular formula is C12H15ClN2O2S. The molecule has 0 spiro atoms. The standard InChI is InChI=1S/C12H15ClN2O2S/c1-7-3-12(15(16)17)10(13)5-11(7)14-9-4-8(2)18-6-9/h3,5,8-9,14H,4,6H2,1-2H3. The molecule has 1 N–H and O–H groups in total. The van der Waals surface area contributed by atoms with Crippen LogP contribution in [0, 0.1) is 17.0 Å². The lowest BCUT2D eigenvalue weighted by atomic mass is 10.1. The van der Waals surface area contributed by atoms with Gasteiger partial charge in [0, 0.05) is 28.8 Å². The molecule has 0 aliphatic carbocycles. The number of rotatable bonds is 3. The Morgan fingerprint density at radius 2 is 2.28 bits per heavy atom. The fourth-order valence-electron chi connectivity index (χ4n) is 2.10. The van der Waals surface area contributed by atoms with Gasteiger partial charge < -0.3 is 5.32 Å². The maximum atomic E-state index is 10.8. The number of nitro groups is 1. The number of nitro benzene ring substituents is 1. The average molecular weight is 287 g/mol. The third kappa shape index (κ3) is 2.90. The van der Waals surface area contributed by atoms with Gasteiger partial charge in [0.25, 0.3) is 5.69 Å². The molecule has 0 aromatic heterocycles. The molecule has 1 fully saturated rings. The Morgan fingerprint density at radius 3 is 2.83 bits per heavy atom. The van der Waals surface area contributed by atoms with E-state index in [-0.39, 0.29) is 10.7 Å². The second-order valence-electron chi connectivity index (χ2n) is 4.60. The van der Waals surface area contributed by atoms with Crippen LogP contribution in [0.15, 0.2) is 12.1 Å². The fourth-order valence-corrected chi connectivity index (χ4v) is 3.48. The lowest BCUT2D eigenvalue weighted by Gasteiger charge is -2.15. The second-order valence-corrected chi connectivity index (χ2v) is 6.48. The molecule has 4 nitrogen and oxygen atoms in total. The summed E-state index contributed by atoms with van der Waals surface area (Å²) in [5.41, 5.74) is 1.72. The van der Waals surface area contributed by atoms with E-state index in [9.17, 15) is 10.1 Å². The minimum atomic E-state index is -0.452. The smallest absolute Gasteiger partial charge is 0.288 e. The van der Waals surface area contributed by atoms with Gasteiger partial charge in [0.2, 0.25) is 0 Å². The molecule has 1 aliphatic rings. The molecule has 98 valence electrons. The van der Waals surface area contributed by atoms with Crippen LogP contribution in [-0.2, 0) is 0 Å². The Morgan fingerprint density at radius 1 is 1.56 bits per heavy atom. The van der Waals surface area contributed by atoms with Gasteiger partial charge in [-0.15, -0.1) is 0 Å². The summed E-state index contributed by atoms with van der Waals surface area (Å²) in [4.78, 5) is 10.3. The van der Waals surface area contributed by atoms with Crippen molar-refractivity contribution in [2.24, 2.45) is 0 Å². The van der Waals surface area contributed by atoms with Crippen molar-refractivity contribution in [1.82, 2.24) is 0 Å². The van der Waals surface area contributed by atoms with Gasteiger partial charge in [0.05, 0.1) is 4.92 Å². The van der Waals surface area contributed by atoms with Crippen LogP contribution in [0.3, 0.4) is 0 Å². The quantitative estimate of drug-likeness (QED) is 0.677. The Bertz CT molecular complexity index is 481. The highest BCUT2D eigenvalue weighted by molar-refractivity contribution is 8.00. The van der Waals surface area contributed by atoms with E-state index in [4.69, 9.17) is 11.6 Å². The van der Waals surface area contributed by atoms with E-state index >= 15 is 0 Å². The van der Waals surface area contributed by atoms with E-state index < -0.39 is 4.92 Å². The number of nitrogens with zero attached hydrogens (tertiary/aromatic N) is 1. The van der Waals surface area contributed by atoms with E-state index in [1.807, 2.05) is 18.7 Å². The number of benzene rings is 1. The Kier molecular flexibility index (Phi) is 4.02. The molecule has 0 amide bonds. The number of anilines is 1. The topological polar surface area (TPSA) is 55.2 Å². The van der Waals surface area contributed by atoms with E-state index in [1.54, 1.807) is 6.07 Å². The molecule has 0 bridgehead atoms. The van der Waals surface area contributed by atoms with Crippen LogP contribution < -0.4 is 5.32 Å². The number of aryl methyl sites for hydroxylation is 1. The zero-order valence-corrected chi connectivity index (χ0v) is 11.8. The van der Waals surface area contributed by atoms with Gasteiger partial charge >= 0.3 is 0 Å². The van der Waals surface area contributed by atoms with Gasteiger partial charge in [-0.3, -0.25) is 10.1 Å². The molecule has 1 aromatic carbocycles. The number of nitrogens with one attached hydrogen (secondary N) is 1. The van der Waals surface area contributed by atoms with Crippen LogP contribution in [0.4, 0.5) is 11.4 Å². The van der Waals surface area contributed by atoms with Gasteiger partial charge in [-0.1, -0.05) is 18.5 Å². The lowest BCUT2D eigenvalue weighted by Crippen LogP contribution is -2.19. The maximum Gasteiger partial charge on any atom is 0.288 e. The summed E-state index contributed by atoms with van der Waals surface area (Å²) in [5.74, 6) is 1.06. The predicted molar refractivity (Wildman–Crippen MR) is 76.8 cm³/mol. The Labute approximate surface area is 115 Å². The number of hydrogen-bond acceptors (Lipinski definition) is 4. The first-order chi connectivity index (χ1) is 8.47. The van der Waals surface area contributed by atoms with Gasteiger partial charge in [-0.2, -0.15) is 11.8 Å². The number of hydrogen-bond donors (Lipinski definition) is 1. The van der Waals surface area contributed by atoms with Crippen molar-refractivity contribution in [1.29, 1.82) is 0 Å². The summed E-state index contributed by atoms with van der Waals surface area (Å²) >= 11 is 7.86. The van der Waals surface area contributed by atoms with Crippen molar-refractivity contribution >= 4 is 34.7 Å². The fraction of sp³-hybridized carbons (Fsp3) is 0.500. The molecule has 0 saturated carbocycles. The minimum absolute atomic E-state index is 0.0334. The van der Waals surface area contributed by atoms with Crippen molar-refractivity contribution in [2.45, 2.75) is 31.6 Å². The van der Waals surface area contributed by atoms with E-state index in [0.29, 0.717) is 11.3 Å². The molecule has 6 heteroatoms. The first kappa shape index (κ1) is 13.5. The molecule has 1 aromatic rings. The maximum absolute atomic E-state index is 10.8. The van der Waals surface area contributed by atoms with Crippen molar-refractivity contribution in [2.75, 3.05) is 11.1 Å². The van der Waals surface area contributed by atoms with Crippen LogP contribution in [0.1, 0.15) is 18.9 Å². The van der Waals surface area contributed by atoms with Crippen LogP contribution in [-0.4, -0.2) is 22.0 Å². The predicted octanol–water partition coefficient (Wildman–Crippen LogP) is 3.86. The summed E-state index contributed by atoms with van der Waals surface area (Å²) in [7, 11) is 0.